The van der Waals surface area contributed by atoms with Crippen LogP contribution in [0, 0.1) is 0 Å². The molecule has 0 spiro atoms. The monoisotopic (exact) mass is 286 g/mol. The molecule has 110 valence electrons. The van der Waals surface area contributed by atoms with E-state index in [2.05, 4.69) is 10.2 Å². The Morgan fingerprint density at radius 3 is 2.48 bits per heavy atom. The van der Waals surface area contributed by atoms with Crippen LogP contribution in [0.15, 0.2) is 51.2 Å². The fourth-order valence-corrected chi connectivity index (χ4v) is 1.70. The maximum atomic E-state index is 5.56. The van der Waals surface area contributed by atoms with Crippen molar-refractivity contribution < 1.29 is 13.9 Å². The maximum absolute atomic E-state index is 5.56. The highest BCUT2D eigenvalue weighted by atomic mass is 16.5. The van der Waals surface area contributed by atoms with Crippen LogP contribution >= 0.6 is 0 Å². The van der Waals surface area contributed by atoms with Crippen LogP contribution in [0.5, 0.6) is 11.5 Å². The summed E-state index contributed by atoms with van der Waals surface area (Å²) in [7, 11) is 0. The molecule has 0 aliphatic rings. The van der Waals surface area contributed by atoms with Gasteiger partial charge in [0.15, 0.2) is 11.5 Å². The predicted octanol–water partition coefficient (Wildman–Crippen LogP) is 3.53. The lowest BCUT2D eigenvalue weighted by molar-refractivity contribution is 0.288. The van der Waals surface area contributed by atoms with Crippen LogP contribution in [0.3, 0.4) is 0 Å². The molecule has 0 atom stereocenters. The Morgan fingerprint density at radius 2 is 1.76 bits per heavy atom. The van der Waals surface area contributed by atoms with Gasteiger partial charge >= 0.3 is 0 Å². The number of hydrogen-bond acceptors (Lipinski definition) is 5. The summed E-state index contributed by atoms with van der Waals surface area (Å²) >= 11 is 0. The Bertz CT molecular complexity index is 604. The van der Waals surface area contributed by atoms with Crippen molar-refractivity contribution in [2.24, 2.45) is 10.2 Å². The van der Waals surface area contributed by atoms with Gasteiger partial charge in [-0.25, -0.2) is 0 Å². The molecular weight excluding hydrogens is 268 g/mol. The summed E-state index contributed by atoms with van der Waals surface area (Å²) in [5.41, 5.74) is 0.887. The van der Waals surface area contributed by atoms with Gasteiger partial charge in [-0.05, 0) is 49.7 Å². The summed E-state index contributed by atoms with van der Waals surface area (Å²) in [6.45, 7) is 5.05. The molecule has 21 heavy (non-hydrogen) atoms. The molecule has 0 unspecified atom stereocenters. The summed E-state index contributed by atoms with van der Waals surface area (Å²) in [5, 5.41) is 7.90. The number of benzene rings is 1. The van der Waals surface area contributed by atoms with Gasteiger partial charge in [-0.1, -0.05) is 0 Å². The van der Waals surface area contributed by atoms with Gasteiger partial charge in [-0.3, -0.25) is 0 Å². The SMILES string of the molecule is CCOc1ccc(/C=N\N=C\c2ccco2)cc1OCC. The minimum atomic E-state index is 0.581. The van der Waals surface area contributed by atoms with E-state index in [1.807, 2.05) is 38.1 Å². The zero-order chi connectivity index (χ0) is 14.9. The Kier molecular flexibility index (Phi) is 5.58. The zero-order valence-electron chi connectivity index (χ0n) is 12.2. The second-order valence-corrected chi connectivity index (χ2v) is 4.08. The van der Waals surface area contributed by atoms with Gasteiger partial charge in [0.2, 0.25) is 0 Å². The quantitative estimate of drug-likeness (QED) is 0.578. The van der Waals surface area contributed by atoms with E-state index in [0.717, 1.165) is 11.3 Å². The maximum Gasteiger partial charge on any atom is 0.161 e. The van der Waals surface area contributed by atoms with Gasteiger partial charge in [-0.15, -0.1) is 0 Å². The molecule has 2 rings (SSSR count). The van der Waals surface area contributed by atoms with Gasteiger partial charge < -0.3 is 13.9 Å². The van der Waals surface area contributed by atoms with Gasteiger partial charge in [-0.2, -0.15) is 10.2 Å². The molecule has 2 aromatic rings. The molecule has 0 amide bonds. The van der Waals surface area contributed by atoms with E-state index in [0.29, 0.717) is 24.7 Å². The standard InChI is InChI=1S/C16H18N2O3/c1-3-19-15-8-7-13(10-16(15)20-4-2)11-17-18-12-14-6-5-9-21-14/h5-12H,3-4H2,1-2H3/b17-11-,18-12+. The normalized spacial score (nSPS) is 11.3. The van der Waals surface area contributed by atoms with Gasteiger partial charge in [0.25, 0.3) is 0 Å². The van der Waals surface area contributed by atoms with Gasteiger partial charge in [0.05, 0.1) is 31.9 Å². The van der Waals surface area contributed by atoms with Crippen LogP contribution in [-0.4, -0.2) is 25.6 Å². The molecule has 0 fully saturated rings. The van der Waals surface area contributed by atoms with Crippen molar-refractivity contribution in [1.82, 2.24) is 0 Å². The summed E-state index contributed by atoms with van der Waals surface area (Å²) < 4.78 is 16.2. The van der Waals surface area contributed by atoms with Crippen LogP contribution in [0.4, 0.5) is 0 Å². The Hall–Kier alpha value is -2.56. The average molecular weight is 286 g/mol. The molecule has 0 N–H and O–H groups in total. The Balaban J connectivity index is 2.07. The topological polar surface area (TPSA) is 56.3 Å². The summed E-state index contributed by atoms with van der Waals surface area (Å²) in [4.78, 5) is 0. The average Bonchev–Trinajstić information content (AvgIpc) is 3.00. The Morgan fingerprint density at radius 1 is 1.00 bits per heavy atom. The summed E-state index contributed by atoms with van der Waals surface area (Å²) in [6.07, 6.45) is 4.79. The van der Waals surface area contributed by atoms with Crippen molar-refractivity contribution in [1.29, 1.82) is 0 Å². The highest BCUT2D eigenvalue weighted by Crippen LogP contribution is 2.27. The summed E-state index contributed by atoms with van der Waals surface area (Å²) in [5.74, 6) is 2.10. The van der Waals surface area contributed by atoms with Gasteiger partial charge in [0.1, 0.15) is 5.76 Å². The molecule has 0 aliphatic heterocycles. The number of nitrogens with zero attached hydrogens (tertiary/aromatic N) is 2. The van der Waals surface area contributed by atoms with Crippen LogP contribution < -0.4 is 9.47 Å². The minimum absolute atomic E-state index is 0.581. The fourth-order valence-electron chi connectivity index (χ4n) is 1.70. The van der Waals surface area contributed by atoms with Crippen molar-refractivity contribution in [3.63, 3.8) is 0 Å². The molecule has 0 radical (unpaired) electrons. The molecule has 5 nitrogen and oxygen atoms in total. The lowest BCUT2D eigenvalue weighted by atomic mass is 10.2. The van der Waals surface area contributed by atoms with Crippen LogP contribution in [0.2, 0.25) is 0 Å². The molecule has 0 saturated heterocycles. The largest absolute Gasteiger partial charge is 0.490 e. The smallest absolute Gasteiger partial charge is 0.161 e. The van der Waals surface area contributed by atoms with Crippen molar-refractivity contribution in [2.45, 2.75) is 13.8 Å². The molecule has 0 saturated carbocycles. The first kappa shape index (κ1) is 14.8. The Labute approximate surface area is 123 Å². The van der Waals surface area contributed by atoms with E-state index >= 15 is 0 Å². The van der Waals surface area contributed by atoms with E-state index in [4.69, 9.17) is 13.9 Å². The van der Waals surface area contributed by atoms with Crippen LogP contribution in [0.25, 0.3) is 0 Å². The lowest BCUT2D eigenvalue weighted by Gasteiger charge is -2.10. The number of furan rings is 1. The first-order chi connectivity index (χ1) is 10.3. The number of hydrogen-bond donors (Lipinski definition) is 0. The number of ether oxygens (including phenoxy) is 2. The minimum Gasteiger partial charge on any atom is -0.490 e. The highest BCUT2D eigenvalue weighted by Gasteiger charge is 2.04. The third-order valence-corrected chi connectivity index (χ3v) is 2.57. The van der Waals surface area contributed by atoms with Crippen molar-refractivity contribution in [3.05, 3.63) is 47.9 Å². The third-order valence-electron chi connectivity index (χ3n) is 2.57. The van der Waals surface area contributed by atoms with E-state index < -0.39 is 0 Å². The van der Waals surface area contributed by atoms with Crippen LogP contribution in [-0.2, 0) is 0 Å². The fraction of sp³-hybridized carbons (Fsp3) is 0.250. The molecule has 1 aromatic carbocycles. The van der Waals surface area contributed by atoms with E-state index in [9.17, 15) is 0 Å². The first-order valence-corrected chi connectivity index (χ1v) is 6.83. The summed E-state index contributed by atoms with van der Waals surface area (Å²) in [6, 6.07) is 9.25. The third kappa shape index (κ3) is 4.49. The molecule has 0 aliphatic carbocycles. The first-order valence-electron chi connectivity index (χ1n) is 6.83. The lowest BCUT2D eigenvalue weighted by Crippen LogP contribution is -1.99. The van der Waals surface area contributed by atoms with E-state index in [1.54, 1.807) is 24.8 Å². The molecule has 1 heterocycles. The number of rotatable bonds is 7. The second kappa shape index (κ2) is 7.89. The van der Waals surface area contributed by atoms with Gasteiger partial charge in [0, 0.05) is 0 Å². The van der Waals surface area contributed by atoms with Crippen molar-refractivity contribution >= 4 is 12.4 Å². The zero-order valence-corrected chi connectivity index (χ0v) is 12.2. The predicted molar refractivity (Wildman–Crippen MR) is 82.7 cm³/mol. The molecular formula is C16H18N2O3. The van der Waals surface area contributed by atoms with Crippen molar-refractivity contribution in [3.8, 4) is 11.5 Å². The molecule has 5 heteroatoms. The van der Waals surface area contributed by atoms with Crippen molar-refractivity contribution in [2.75, 3.05) is 13.2 Å². The second-order valence-electron chi connectivity index (χ2n) is 4.08. The van der Waals surface area contributed by atoms with E-state index in [1.165, 1.54) is 0 Å². The van der Waals surface area contributed by atoms with Crippen LogP contribution in [0.1, 0.15) is 25.2 Å². The molecule has 0 bridgehead atoms. The molecule has 1 aromatic heterocycles. The highest BCUT2D eigenvalue weighted by molar-refractivity contribution is 5.82. The van der Waals surface area contributed by atoms with E-state index in [-0.39, 0.29) is 0 Å².